The van der Waals surface area contributed by atoms with Gasteiger partial charge in [0.1, 0.15) is 0 Å². The van der Waals surface area contributed by atoms with Gasteiger partial charge in [-0.05, 0) is 23.8 Å². The summed E-state index contributed by atoms with van der Waals surface area (Å²) >= 11 is 0. The van der Waals surface area contributed by atoms with Gasteiger partial charge in [0, 0.05) is 24.2 Å². The van der Waals surface area contributed by atoms with Gasteiger partial charge in [-0.2, -0.15) is 0 Å². The van der Waals surface area contributed by atoms with E-state index < -0.39 is 0 Å². The van der Waals surface area contributed by atoms with Gasteiger partial charge in [-0.3, -0.25) is 9.97 Å². The SMILES string of the molecule is OCc1cncc(-c2ccccn2)c1. The maximum Gasteiger partial charge on any atom is 0.0717 e. The van der Waals surface area contributed by atoms with Gasteiger partial charge < -0.3 is 5.11 Å². The number of aliphatic hydroxyl groups is 1. The largest absolute Gasteiger partial charge is 0.392 e. The van der Waals surface area contributed by atoms with E-state index in [0.717, 1.165) is 16.8 Å². The summed E-state index contributed by atoms with van der Waals surface area (Å²) in [6.45, 7) is 0.00761. The smallest absolute Gasteiger partial charge is 0.0717 e. The molecule has 1 N–H and O–H groups in total. The lowest BCUT2D eigenvalue weighted by atomic mass is 10.1. The van der Waals surface area contributed by atoms with Gasteiger partial charge in [0.15, 0.2) is 0 Å². The highest BCUT2D eigenvalue weighted by Gasteiger charge is 1.99. The molecule has 0 atom stereocenters. The third-order valence-electron chi connectivity index (χ3n) is 1.94. The Bertz CT molecular complexity index is 415. The minimum atomic E-state index is 0.00761. The molecule has 0 radical (unpaired) electrons. The number of hydrogen-bond donors (Lipinski definition) is 1. The summed E-state index contributed by atoms with van der Waals surface area (Å²) in [6.07, 6.45) is 5.12. The molecule has 0 aliphatic rings. The summed E-state index contributed by atoms with van der Waals surface area (Å²) < 4.78 is 0. The third-order valence-corrected chi connectivity index (χ3v) is 1.94. The van der Waals surface area contributed by atoms with E-state index in [0.29, 0.717) is 0 Å². The molecule has 0 aromatic carbocycles. The molecular weight excluding hydrogens is 176 g/mol. The summed E-state index contributed by atoms with van der Waals surface area (Å²) in [5, 5.41) is 8.95. The molecule has 70 valence electrons. The first-order valence-corrected chi connectivity index (χ1v) is 4.36. The Labute approximate surface area is 82.1 Å². The molecule has 0 saturated heterocycles. The fourth-order valence-electron chi connectivity index (χ4n) is 1.25. The lowest BCUT2D eigenvalue weighted by Crippen LogP contribution is -1.88. The Morgan fingerprint density at radius 2 is 2.14 bits per heavy atom. The second kappa shape index (κ2) is 3.98. The van der Waals surface area contributed by atoms with Gasteiger partial charge in [-0.25, -0.2) is 0 Å². The molecule has 0 unspecified atom stereocenters. The Hall–Kier alpha value is -1.74. The van der Waals surface area contributed by atoms with Gasteiger partial charge in [0.05, 0.1) is 12.3 Å². The second-order valence-electron chi connectivity index (χ2n) is 2.95. The maximum absolute atomic E-state index is 8.95. The van der Waals surface area contributed by atoms with Crippen LogP contribution in [0.25, 0.3) is 11.3 Å². The van der Waals surface area contributed by atoms with Crippen LogP contribution in [0.1, 0.15) is 5.56 Å². The van der Waals surface area contributed by atoms with Gasteiger partial charge >= 0.3 is 0 Å². The van der Waals surface area contributed by atoms with Crippen molar-refractivity contribution in [2.24, 2.45) is 0 Å². The highest BCUT2D eigenvalue weighted by molar-refractivity contribution is 5.58. The van der Waals surface area contributed by atoms with E-state index in [-0.39, 0.29) is 6.61 Å². The summed E-state index contributed by atoms with van der Waals surface area (Å²) in [5.74, 6) is 0. The van der Waals surface area contributed by atoms with Gasteiger partial charge in [0.25, 0.3) is 0 Å². The first-order chi connectivity index (χ1) is 6.90. The molecule has 2 aromatic rings. The van der Waals surface area contributed by atoms with Crippen LogP contribution < -0.4 is 0 Å². The third kappa shape index (κ3) is 1.78. The minimum Gasteiger partial charge on any atom is -0.392 e. The lowest BCUT2D eigenvalue weighted by Gasteiger charge is -2.01. The Morgan fingerprint density at radius 3 is 2.86 bits per heavy atom. The molecule has 0 fully saturated rings. The van der Waals surface area contributed by atoms with Crippen molar-refractivity contribution in [3.05, 3.63) is 48.4 Å². The Kier molecular flexibility index (Phi) is 2.51. The molecule has 2 heterocycles. The van der Waals surface area contributed by atoms with Crippen LogP contribution in [0.3, 0.4) is 0 Å². The predicted molar refractivity (Wildman–Crippen MR) is 53.4 cm³/mol. The van der Waals surface area contributed by atoms with Crippen molar-refractivity contribution in [3.8, 4) is 11.3 Å². The van der Waals surface area contributed by atoms with Crippen LogP contribution in [0, 0.1) is 0 Å². The van der Waals surface area contributed by atoms with Gasteiger partial charge in [-0.15, -0.1) is 0 Å². The molecule has 3 heteroatoms. The average Bonchev–Trinajstić information content (AvgIpc) is 2.30. The van der Waals surface area contributed by atoms with Gasteiger partial charge in [-0.1, -0.05) is 6.07 Å². The van der Waals surface area contributed by atoms with E-state index in [1.807, 2.05) is 24.3 Å². The number of aromatic nitrogens is 2. The van der Waals surface area contributed by atoms with Crippen LogP contribution in [0.15, 0.2) is 42.9 Å². The van der Waals surface area contributed by atoms with Crippen molar-refractivity contribution in [2.75, 3.05) is 0 Å². The van der Waals surface area contributed by atoms with Gasteiger partial charge in [0.2, 0.25) is 0 Å². The van der Waals surface area contributed by atoms with Crippen molar-refractivity contribution in [3.63, 3.8) is 0 Å². The van der Waals surface area contributed by atoms with Crippen LogP contribution in [0.2, 0.25) is 0 Å². The zero-order chi connectivity index (χ0) is 9.80. The number of rotatable bonds is 2. The first kappa shape index (κ1) is 8.84. The fourth-order valence-corrected chi connectivity index (χ4v) is 1.25. The molecule has 14 heavy (non-hydrogen) atoms. The summed E-state index contributed by atoms with van der Waals surface area (Å²) in [6, 6.07) is 7.59. The summed E-state index contributed by atoms with van der Waals surface area (Å²) in [5.41, 5.74) is 2.60. The number of nitrogens with zero attached hydrogens (tertiary/aromatic N) is 2. The van der Waals surface area contributed by atoms with Crippen LogP contribution >= 0.6 is 0 Å². The molecule has 0 aliphatic carbocycles. The van der Waals surface area contributed by atoms with Crippen molar-refractivity contribution in [1.82, 2.24) is 9.97 Å². The van der Waals surface area contributed by atoms with Crippen molar-refractivity contribution in [2.45, 2.75) is 6.61 Å². The van der Waals surface area contributed by atoms with E-state index in [2.05, 4.69) is 9.97 Å². The first-order valence-electron chi connectivity index (χ1n) is 4.36. The Morgan fingerprint density at radius 1 is 1.21 bits per heavy atom. The maximum atomic E-state index is 8.95. The quantitative estimate of drug-likeness (QED) is 0.775. The minimum absolute atomic E-state index is 0.00761. The van der Waals surface area contributed by atoms with Crippen LogP contribution in [0.5, 0.6) is 0 Å². The second-order valence-corrected chi connectivity index (χ2v) is 2.95. The van der Waals surface area contributed by atoms with Crippen molar-refractivity contribution >= 4 is 0 Å². The predicted octanol–water partition coefficient (Wildman–Crippen LogP) is 1.64. The molecule has 0 bridgehead atoms. The average molecular weight is 186 g/mol. The fraction of sp³-hybridized carbons (Fsp3) is 0.0909. The van der Waals surface area contributed by atoms with E-state index in [9.17, 15) is 0 Å². The molecule has 0 amide bonds. The highest BCUT2D eigenvalue weighted by Crippen LogP contribution is 2.15. The zero-order valence-corrected chi connectivity index (χ0v) is 7.59. The monoisotopic (exact) mass is 186 g/mol. The number of pyridine rings is 2. The van der Waals surface area contributed by atoms with Crippen molar-refractivity contribution < 1.29 is 5.11 Å². The lowest BCUT2D eigenvalue weighted by molar-refractivity contribution is 0.281. The number of aliphatic hydroxyl groups excluding tert-OH is 1. The van der Waals surface area contributed by atoms with E-state index >= 15 is 0 Å². The van der Waals surface area contributed by atoms with Crippen LogP contribution in [-0.4, -0.2) is 15.1 Å². The molecule has 2 aromatic heterocycles. The summed E-state index contributed by atoms with van der Waals surface area (Å²) in [4.78, 5) is 8.23. The molecule has 0 spiro atoms. The molecule has 0 saturated carbocycles. The summed E-state index contributed by atoms with van der Waals surface area (Å²) in [7, 11) is 0. The van der Waals surface area contributed by atoms with Crippen LogP contribution in [-0.2, 0) is 6.61 Å². The van der Waals surface area contributed by atoms with E-state index in [1.54, 1.807) is 18.6 Å². The molecular formula is C11H10N2O. The standard InChI is InChI=1S/C11H10N2O/c14-8-9-5-10(7-12-6-9)11-3-1-2-4-13-11/h1-7,14H,8H2. The number of hydrogen-bond acceptors (Lipinski definition) is 3. The topological polar surface area (TPSA) is 46.0 Å². The van der Waals surface area contributed by atoms with E-state index in [1.165, 1.54) is 0 Å². The van der Waals surface area contributed by atoms with E-state index in [4.69, 9.17) is 5.11 Å². The van der Waals surface area contributed by atoms with Crippen molar-refractivity contribution in [1.29, 1.82) is 0 Å². The Balaban J connectivity index is 2.42. The molecule has 3 nitrogen and oxygen atoms in total. The highest BCUT2D eigenvalue weighted by atomic mass is 16.3. The van der Waals surface area contributed by atoms with Crippen LogP contribution in [0.4, 0.5) is 0 Å². The molecule has 2 rings (SSSR count). The normalized spacial score (nSPS) is 10.1. The zero-order valence-electron chi connectivity index (χ0n) is 7.59. The molecule has 0 aliphatic heterocycles.